The van der Waals surface area contributed by atoms with Crippen molar-refractivity contribution < 1.29 is 8.78 Å². The summed E-state index contributed by atoms with van der Waals surface area (Å²) in [5.41, 5.74) is 6.68. The molecule has 0 aromatic rings. The Kier molecular flexibility index (Phi) is 2.56. The average Bonchev–Trinajstić information content (AvgIpc) is 2.48. The normalized spacial score (nSPS) is 31.3. The zero-order chi connectivity index (χ0) is 11.1. The number of nitrogens with one attached hydrogen (secondary N) is 2. The Bertz CT molecular complexity index is 279. The molecule has 1 unspecified atom stereocenters. The summed E-state index contributed by atoms with van der Waals surface area (Å²) in [6, 6.07) is -0.191. The molecule has 1 saturated heterocycles. The highest BCUT2D eigenvalue weighted by Crippen LogP contribution is 2.28. The van der Waals surface area contributed by atoms with Crippen molar-refractivity contribution >= 4 is 0 Å². The van der Waals surface area contributed by atoms with Crippen LogP contribution in [0.2, 0.25) is 0 Å². The maximum Gasteiger partial charge on any atom is 0.262 e. The molecule has 0 aromatic heterocycles. The predicted octanol–water partition coefficient (Wildman–Crippen LogP) is 0.512. The second-order valence-corrected chi connectivity index (χ2v) is 4.37. The Morgan fingerprint density at radius 1 is 1.53 bits per heavy atom. The fourth-order valence-corrected chi connectivity index (χ4v) is 2.10. The molecule has 0 aromatic carbocycles. The van der Waals surface area contributed by atoms with E-state index in [2.05, 4.69) is 11.0 Å². The van der Waals surface area contributed by atoms with Gasteiger partial charge in [-0.05, 0) is 14.0 Å². The molecule has 0 amide bonds. The third-order valence-corrected chi connectivity index (χ3v) is 2.67. The number of nitrogens with zero attached hydrogens (tertiary/aromatic N) is 2. The fraction of sp³-hybridized carbons (Fsp3) is 0.778. The Balaban J connectivity index is 2.03. The highest BCUT2D eigenvalue weighted by molar-refractivity contribution is 5.01. The summed E-state index contributed by atoms with van der Waals surface area (Å²) in [5, 5.41) is 1.72. The zero-order valence-corrected chi connectivity index (χ0v) is 8.93. The first-order chi connectivity index (χ1) is 6.96. The number of hydrazine groups is 2. The van der Waals surface area contributed by atoms with Crippen LogP contribution in [-0.2, 0) is 0 Å². The van der Waals surface area contributed by atoms with Gasteiger partial charge in [-0.3, -0.25) is 9.91 Å². The number of likely N-dealkylation sites (N-methyl/N-ethyl adjacent to an activating group) is 1. The lowest BCUT2D eigenvalue weighted by Crippen LogP contribution is -2.55. The molecule has 0 aliphatic carbocycles. The van der Waals surface area contributed by atoms with Gasteiger partial charge >= 0.3 is 0 Å². The molecule has 6 heteroatoms. The standard InChI is InChI=1S/C9H16F2N4/c1-7-4-15(13-12-7)8-3-9(10,11)6-14(2)5-8/h4,8,12-13H,3,5-6H2,1-2H3. The van der Waals surface area contributed by atoms with Crippen LogP contribution in [0, 0.1) is 0 Å². The van der Waals surface area contributed by atoms with E-state index < -0.39 is 5.92 Å². The number of likely N-dealkylation sites (tertiary alicyclic amines) is 1. The second kappa shape index (κ2) is 3.61. The van der Waals surface area contributed by atoms with Crippen molar-refractivity contribution in [1.29, 1.82) is 0 Å². The number of allylic oxidation sites excluding steroid dienone is 1. The largest absolute Gasteiger partial charge is 0.307 e. The van der Waals surface area contributed by atoms with Gasteiger partial charge in [0, 0.05) is 24.9 Å². The van der Waals surface area contributed by atoms with Crippen LogP contribution in [0.15, 0.2) is 11.9 Å². The van der Waals surface area contributed by atoms with Crippen LogP contribution in [0.25, 0.3) is 0 Å². The Morgan fingerprint density at radius 2 is 2.27 bits per heavy atom. The van der Waals surface area contributed by atoms with E-state index in [1.165, 1.54) is 0 Å². The number of hydrogen-bond donors (Lipinski definition) is 2. The van der Waals surface area contributed by atoms with E-state index in [1.807, 2.05) is 13.1 Å². The predicted molar refractivity (Wildman–Crippen MR) is 52.7 cm³/mol. The minimum Gasteiger partial charge on any atom is -0.307 e. The molecular weight excluding hydrogens is 202 g/mol. The smallest absolute Gasteiger partial charge is 0.262 e. The van der Waals surface area contributed by atoms with E-state index in [1.54, 1.807) is 17.0 Å². The fourth-order valence-electron chi connectivity index (χ4n) is 2.10. The first-order valence-electron chi connectivity index (χ1n) is 5.01. The molecule has 4 nitrogen and oxygen atoms in total. The molecule has 0 saturated carbocycles. The van der Waals surface area contributed by atoms with Gasteiger partial charge in [-0.25, -0.2) is 8.78 Å². The number of halogens is 2. The SMILES string of the molecule is CC1=CN(C2CN(C)CC(F)(F)C2)NN1. The summed E-state index contributed by atoms with van der Waals surface area (Å²) >= 11 is 0. The molecule has 0 spiro atoms. The molecule has 0 radical (unpaired) electrons. The van der Waals surface area contributed by atoms with E-state index in [0.717, 1.165) is 5.70 Å². The van der Waals surface area contributed by atoms with Gasteiger partial charge in [-0.1, -0.05) is 0 Å². The molecule has 0 bridgehead atoms. The third kappa shape index (κ3) is 2.38. The highest BCUT2D eigenvalue weighted by Gasteiger charge is 2.41. The zero-order valence-electron chi connectivity index (χ0n) is 8.93. The number of rotatable bonds is 1. The van der Waals surface area contributed by atoms with E-state index in [0.29, 0.717) is 6.54 Å². The lowest BCUT2D eigenvalue weighted by atomic mass is 10.0. The molecule has 86 valence electrons. The number of piperidine rings is 1. The van der Waals surface area contributed by atoms with E-state index in [-0.39, 0.29) is 19.0 Å². The Labute approximate surface area is 87.8 Å². The van der Waals surface area contributed by atoms with Crippen molar-refractivity contribution in [2.24, 2.45) is 0 Å². The van der Waals surface area contributed by atoms with Crippen LogP contribution in [-0.4, -0.2) is 42.0 Å². The molecule has 1 fully saturated rings. The van der Waals surface area contributed by atoms with Crippen LogP contribution in [0.1, 0.15) is 13.3 Å². The molecule has 2 aliphatic rings. The summed E-state index contributed by atoms with van der Waals surface area (Å²) in [4.78, 5) is 1.66. The lowest BCUT2D eigenvalue weighted by molar-refractivity contribution is -0.0874. The monoisotopic (exact) mass is 218 g/mol. The first-order valence-corrected chi connectivity index (χ1v) is 5.01. The van der Waals surface area contributed by atoms with Crippen molar-refractivity contribution in [3.63, 3.8) is 0 Å². The van der Waals surface area contributed by atoms with Crippen molar-refractivity contribution in [1.82, 2.24) is 20.9 Å². The first kappa shape index (κ1) is 10.6. The van der Waals surface area contributed by atoms with Crippen molar-refractivity contribution in [2.75, 3.05) is 20.1 Å². The topological polar surface area (TPSA) is 30.5 Å². The van der Waals surface area contributed by atoms with Crippen molar-refractivity contribution in [3.8, 4) is 0 Å². The van der Waals surface area contributed by atoms with Crippen molar-refractivity contribution in [3.05, 3.63) is 11.9 Å². The van der Waals surface area contributed by atoms with Gasteiger partial charge < -0.3 is 5.43 Å². The molecule has 2 N–H and O–H groups in total. The quantitative estimate of drug-likeness (QED) is 0.671. The van der Waals surface area contributed by atoms with Crippen LogP contribution in [0.4, 0.5) is 8.78 Å². The Morgan fingerprint density at radius 3 is 2.80 bits per heavy atom. The number of alkyl halides is 2. The van der Waals surface area contributed by atoms with Gasteiger partial charge in [0.2, 0.25) is 0 Å². The van der Waals surface area contributed by atoms with Crippen LogP contribution in [0.5, 0.6) is 0 Å². The Hall–Kier alpha value is -0.880. The summed E-state index contributed by atoms with van der Waals surface area (Å²) in [7, 11) is 1.72. The lowest BCUT2D eigenvalue weighted by Gasteiger charge is -2.39. The summed E-state index contributed by atoms with van der Waals surface area (Å²) in [6.45, 7) is 2.39. The van der Waals surface area contributed by atoms with Gasteiger partial charge in [0.05, 0.1) is 12.6 Å². The average molecular weight is 218 g/mol. The molecule has 15 heavy (non-hydrogen) atoms. The van der Waals surface area contributed by atoms with Crippen LogP contribution >= 0.6 is 0 Å². The summed E-state index contributed by atoms with van der Waals surface area (Å²) < 4.78 is 26.6. The van der Waals surface area contributed by atoms with Gasteiger partial charge in [-0.15, -0.1) is 5.53 Å². The minimum atomic E-state index is -2.59. The molecule has 2 aliphatic heterocycles. The van der Waals surface area contributed by atoms with Crippen LogP contribution in [0.3, 0.4) is 0 Å². The van der Waals surface area contributed by atoms with E-state index in [4.69, 9.17) is 0 Å². The second-order valence-electron chi connectivity index (χ2n) is 4.37. The van der Waals surface area contributed by atoms with Gasteiger partial charge in [0.15, 0.2) is 0 Å². The van der Waals surface area contributed by atoms with Crippen LogP contribution < -0.4 is 11.0 Å². The number of hydrogen-bond acceptors (Lipinski definition) is 4. The maximum absolute atomic E-state index is 13.3. The molecule has 2 rings (SSSR count). The van der Waals surface area contributed by atoms with Crippen molar-refractivity contribution in [2.45, 2.75) is 25.3 Å². The molecular formula is C9H16F2N4. The van der Waals surface area contributed by atoms with E-state index >= 15 is 0 Å². The van der Waals surface area contributed by atoms with Gasteiger partial charge in [-0.2, -0.15) is 0 Å². The van der Waals surface area contributed by atoms with Gasteiger partial charge in [0.1, 0.15) is 0 Å². The van der Waals surface area contributed by atoms with Gasteiger partial charge in [0.25, 0.3) is 5.92 Å². The van der Waals surface area contributed by atoms with E-state index in [9.17, 15) is 8.78 Å². The summed E-state index contributed by atoms with van der Waals surface area (Å²) in [6.07, 6.45) is 1.72. The molecule has 2 heterocycles. The summed E-state index contributed by atoms with van der Waals surface area (Å²) in [5.74, 6) is -2.59. The third-order valence-electron chi connectivity index (χ3n) is 2.67. The maximum atomic E-state index is 13.3. The minimum absolute atomic E-state index is 0.101. The highest BCUT2D eigenvalue weighted by atomic mass is 19.3. The molecule has 1 atom stereocenters.